The second-order valence-corrected chi connectivity index (χ2v) is 8.84. The lowest BCUT2D eigenvalue weighted by atomic mass is 10.2. The monoisotopic (exact) mass is 579 g/mol. The molecule has 2 aromatic heterocycles. The van der Waals surface area contributed by atoms with Crippen LogP contribution in [0, 0.1) is 0 Å². The highest BCUT2D eigenvalue weighted by Crippen LogP contribution is 2.34. The van der Waals surface area contributed by atoms with Gasteiger partial charge >= 0.3 is 0 Å². The highest BCUT2D eigenvalue weighted by atomic mass is 35.5. The van der Waals surface area contributed by atoms with Crippen LogP contribution in [0.2, 0.25) is 5.02 Å². The van der Waals surface area contributed by atoms with E-state index in [2.05, 4.69) is 25.2 Å². The zero-order valence-electron chi connectivity index (χ0n) is 21.5. The van der Waals surface area contributed by atoms with Crippen molar-refractivity contribution >= 4 is 58.8 Å². The van der Waals surface area contributed by atoms with Crippen molar-refractivity contribution in [2.45, 2.75) is 19.6 Å². The number of nitrogens with zero attached hydrogens (tertiary/aromatic N) is 4. The Labute approximate surface area is 240 Å². The number of pyridine rings is 1. The maximum Gasteiger partial charge on any atom is 0.145 e. The summed E-state index contributed by atoms with van der Waals surface area (Å²) >= 11 is 6.51. The van der Waals surface area contributed by atoms with Crippen molar-refractivity contribution in [2.24, 2.45) is 0 Å². The van der Waals surface area contributed by atoms with Gasteiger partial charge in [-0.2, -0.15) is 0 Å². The lowest BCUT2D eigenvalue weighted by molar-refractivity contribution is 0.125. The second-order valence-electron chi connectivity index (χ2n) is 8.44. The fraction of sp³-hybridized carbons (Fsp3) is 0.296. The normalized spacial score (nSPS) is 11.4. The minimum atomic E-state index is -0.0458. The lowest BCUT2D eigenvalue weighted by Crippen LogP contribution is -2.33. The van der Waals surface area contributed by atoms with Crippen LogP contribution in [0.3, 0.4) is 0 Å². The Kier molecular flexibility index (Phi) is 12.8. The van der Waals surface area contributed by atoms with Crippen LogP contribution < -0.4 is 14.8 Å². The lowest BCUT2D eigenvalue weighted by Gasteiger charge is -2.23. The molecule has 0 spiro atoms. The molecule has 0 bridgehead atoms. The quantitative estimate of drug-likeness (QED) is 0.212. The number of aromatic nitrogens is 3. The van der Waals surface area contributed by atoms with E-state index in [1.807, 2.05) is 62.5 Å². The third-order valence-corrected chi connectivity index (χ3v) is 5.79. The van der Waals surface area contributed by atoms with Gasteiger partial charge in [0.25, 0.3) is 0 Å². The van der Waals surface area contributed by atoms with Crippen molar-refractivity contribution in [3.05, 3.63) is 77.8 Å². The maximum absolute atomic E-state index is 6.51. The molecule has 2 aromatic carbocycles. The van der Waals surface area contributed by atoms with Crippen LogP contribution in [0.5, 0.6) is 11.5 Å². The fourth-order valence-corrected chi connectivity index (χ4v) is 4.01. The Morgan fingerprint density at radius 3 is 2.58 bits per heavy atom. The third-order valence-electron chi connectivity index (χ3n) is 5.50. The van der Waals surface area contributed by atoms with Gasteiger partial charge in [-0.15, -0.1) is 24.8 Å². The average molecular weight is 581 g/mol. The predicted octanol–water partition coefficient (Wildman–Crippen LogP) is 6.19. The van der Waals surface area contributed by atoms with Gasteiger partial charge < -0.3 is 24.4 Å². The molecule has 0 saturated heterocycles. The number of methoxy groups -OCH3 is 1. The molecule has 0 radical (unpaired) electrons. The number of hydrogen-bond acceptors (Lipinski definition) is 8. The van der Waals surface area contributed by atoms with Crippen LogP contribution in [0.25, 0.3) is 10.9 Å². The molecule has 4 rings (SSSR count). The summed E-state index contributed by atoms with van der Waals surface area (Å²) in [4.78, 5) is 15.4. The first-order valence-electron chi connectivity index (χ1n) is 11.7. The molecule has 204 valence electrons. The van der Waals surface area contributed by atoms with Crippen LogP contribution >= 0.6 is 36.4 Å². The number of ether oxygens (including phenoxy) is 3. The Morgan fingerprint density at radius 1 is 1.00 bits per heavy atom. The molecule has 8 nitrogen and oxygen atoms in total. The third kappa shape index (κ3) is 8.58. The molecule has 4 aromatic rings. The van der Waals surface area contributed by atoms with Crippen molar-refractivity contribution in [2.75, 3.05) is 39.2 Å². The molecule has 1 atom stereocenters. The number of fused-ring (bicyclic) bond motifs is 1. The molecule has 0 aliphatic rings. The molecule has 0 aliphatic carbocycles. The first-order valence-corrected chi connectivity index (χ1v) is 12.1. The molecule has 0 aliphatic heterocycles. The van der Waals surface area contributed by atoms with Gasteiger partial charge in [0.05, 0.1) is 28.2 Å². The van der Waals surface area contributed by atoms with Crippen molar-refractivity contribution in [1.29, 1.82) is 0 Å². The molecular weight excluding hydrogens is 549 g/mol. The van der Waals surface area contributed by atoms with E-state index in [4.69, 9.17) is 25.8 Å². The van der Waals surface area contributed by atoms with Gasteiger partial charge in [0, 0.05) is 32.1 Å². The summed E-state index contributed by atoms with van der Waals surface area (Å²) in [5.74, 6) is 1.93. The van der Waals surface area contributed by atoms with E-state index in [0.29, 0.717) is 35.6 Å². The van der Waals surface area contributed by atoms with Crippen LogP contribution in [0.4, 0.5) is 11.5 Å². The zero-order chi connectivity index (χ0) is 25.3. The molecule has 0 amide bonds. The van der Waals surface area contributed by atoms with E-state index in [9.17, 15) is 0 Å². The molecular formula is C27H32Cl3N5O3. The van der Waals surface area contributed by atoms with Crippen molar-refractivity contribution in [1.82, 2.24) is 19.9 Å². The largest absolute Gasteiger partial charge is 0.489 e. The van der Waals surface area contributed by atoms with E-state index >= 15 is 0 Å². The Hall–Kier alpha value is -2.88. The van der Waals surface area contributed by atoms with Crippen LogP contribution in [-0.4, -0.2) is 59.8 Å². The first-order chi connectivity index (χ1) is 17.5. The number of hydrogen-bond donors (Lipinski definition) is 1. The van der Waals surface area contributed by atoms with Crippen molar-refractivity contribution < 1.29 is 14.2 Å². The minimum absolute atomic E-state index is 0. The van der Waals surface area contributed by atoms with E-state index in [1.54, 1.807) is 19.4 Å². The molecule has 2 heterocycles. The maximum atomic E-state index is 6.51. The molecule has 38 heavy (non-hydrogen) atoms. The summed E-state index contributed by atoms with van der Waals surface area (Å²) in [5.41, 5.74) is 2.38. The Morgan fingerprint density at radius 2 is 1.84 bits per heavy atom. The Bertz CT molecular complexity index is 1280. The van der Waals surface area contributed by atoms with E-state index in [-0.39, 0.29) is 30.9 Å². The first kappa shape index (κ1) is 31.3. The predicted molar refractivity (Wildman–Crippen MR) is 157 cm³/mol. The summed E-state index contributed by atoms with van der Waals surface area (Å²) < 4.78 is 17.3. The fourth-order valence-electron chi connectivity index (χ4n) is 3.77. The van der Waals surface area contributed by atoms with Gasteiger partial charge in [-0.25, -0.2) is 9.97 Å². The standard InChI is InChI=1S/C27H30ClN5O3.2ClH/c1-19(16-33(2)13-14-34-3)36-25-9-6-8-23-26(25)27(31-18-30-23)32-20-10-11-24(22(28)15-20)35-17-21-7-4-5-12-29-21;;/h4-12,15,18-19H,13-14,16-17H2,1-3H3,(H,30,31,32);2*1H/t19-;;/m0../s1. The molecule has 0 unspecified atom stereocenters. The molecule has 0 saturated carbocycles. The number of likely N-dealkylation sites (N-methyl/N-ethyl adjacent to an activating group) is 1. The van der Waals surface area contributed by atoms with Crippen molar-refractivity contribution in [3.8, 4) is 11.5 Å². The summed E-state index contributed by atoms with van der Waals surface area (Å²) in [5, 5.41) is 4.65. The minimum Gasteiger partial charge on any atom is -0.489 e. The summed E-state index contributed by atoms with van der Waals surface area (Å²) in [7, 11) is 3.75. The van der Waals surface area contributed by atoms with Gasteiger partial charge in [-0.05, 0) is 56.4 Å². The number of anilines is 2. The smallest absolute Gasteiger partial charge is 0.145 e. The van der Waals surface area contributed by atoms with Gasteiger partial charge in [-0.1, -0.05) is 23.7 Å². The van der Waals surface area contributed by atoms with Crippen LogP contribution in [0.15, 0.2) is 67.1 Å². The van der Waals surface area contributed by atoms with Crippen LogP contribution in [0.1, 0.15) is 12.6 Å². The van der Waals surface area contributed by atoms with Gasteiger partial charge in [0.2, 0.25) is 0 Å². The number of nitrogens with one attached hydrogen (secondary N) is 1. The number of benzene rings is 2. The summed E-state index contributed by atoms with van der Waals surface area (Å²) in [6.45, 7) is 4.64. The highest BCUT2D eigenvalue weighted by molar-refractivity contribution is 6.32. The zero-order valence-corrected chi connectivity index (χ0v) is 23.9. The second kappa shape index (κ2) is 15.5. The topological polar surface area (TPSA) is 81.6 Å². The van der Waals surface area contributed by atoms with Gasteiger partial charge in [0.1, 0.15) is 36.4 Å². The average Bonchev–Trinajstić information content (AvgIpc) is 2.88. The highest BCUT2D eigenvalue weighted by Gasteiger charge is 2.15. The number of halogens is 3. The molecule has 0 fully saturated rings. The molecule has 11 heteroatoms. The van der Waals surface area contributed by atoms with Gasteiger partial charge in [0.15, 0.2) is 0 Å². The van der Waals surface area contributed by atoms with E-state index in [1.165, 1.54) is 6.33 Å². The van der Waals surface area contributed by atoms with E-state index in [0.717, 1.165) is 35.4 Å². The number of rotatable bonds is 12. The SMILES string of the molecule is COCCN(C)C[C@H](C)Oc1cccc2ncnc(Nc3ccc(OCc4ccccn4)c(Cl)c3)c12.Cl.Cl. The Balaban J connectivity index is 0.00000253. The van der Waals surface area contributed by atoms with Crippen LogP contribution in [-0.2, 0) is 11.3 Å². The van der Waals surface area contributed by atoms with Crippen molar-refractivity contribution in [3.63, 3.8) is 0 Å². The summed E-state index contributed by atoms with van der Waals surface area (Å²) in [6.07, 6.45) is 3.22. The summed E-state index contributed by atoms with van der Waals surface area (Å²) in [6, 6.07) is 17.0. The molecule has 1 N–H and O–H groups in total. The van der Waals surface area contributed by atoms with E-state index < -0.39 is 0 Å². The van der Waals surface area contributed by atoms with Gasteiger partial charge in [-0.3, -0.25) is 4.98 Å².